The van der Waals surface area contributed by atoms with Gasteiger partial charge in [0.25, 0.3) is 0 Å². The number of aryl methyl sites for hydroxylation is 2. The van der Waals surface area contributed by atoms with Gasteiger partial charge in [0.15, 0.2) is 0 Å². The van der Waals surface area contributed by atoms with Crippen LogP contribution in [0.2, 0.25) is 0 Å². The summed E-state index contributed by atoms with van der Waals surface area (Å²) in [6.07, 6.45) is 9.29. The minimum absolute atomic E-state index is 0.452. The second kappa shape index (κ2) is 5.75. The molecule has 1 saturated heterocycles. The van der Waals surface area contributed by atoms with Crippen LogP contribution in [0.15, 0.2) is 18.2 Å². The Morgan fingerprint density at radius 2 is 2.00 bits per heavy atom. The normalized spacial score (nSPS) is 24.8. The molecule has 0 spiro atoms. The van der Waals surface area contributed by atoms with Crippen molar-refractivity contribution in [2.24, 2.45) is 0 Å². The Morgan fingerprint density at radius 1 is 1.17 bits per heavy atom. The number of hydrogen-bond donors (Lipinski definition) is 0. The molecule has 2 aliphatic rings. The van der Waals surface area contributed by atoms with Gasteiger partial charge in [-0.3, -0.25) is 0 Å². The SMILES string of the molecule is BrC(CC1CCCO1)c1ccc2c(c1)CCCC2. The zero-order valence-corrected chi connectivity index (χ0v) is 12.4. The van der Waals surface area contributed by atoms with Gasteiger partial charge in [0.05, 0.1) is 6.10 Å². The lowest BCUT2D eigenvalue weighted by Crippen LogP contribution is -2.09. The van der Waals surface area contributed by atoms with Gasteiger partial charge in [0, 0.05) is 11.4 Å². The number of fused-ring (bicyclic) bond motifs is 1. The molecule has 1 fully saturated rings. The number of alkyl halides is 1. The average Bonchev–Trinajstić information content (AvgIpc) is 2.91. The molecule has 1 heterocycles. The topological polar surface area (TPSA) is 9.23 Å². The van der Waals surface area contributed by atoms with Gasteiger partial charge in [-0.05, 0) is 61.6 Å². The molecule has 1 aromatic carbocycles. The van der Waals surface area contributed by atoms with E-state index in [0.717, 1.165) is 13.0 Å². The Morgan fingerprint density at radius 3 is 2.78 bits per heavy atom. The quantitative estimate of drug-likeness (QED) is 0.743. The van der Waals surface area contributed by atoms with Crippen molar-refractivity contribution >= 4 is 15.9 Å². The van der Waals surface area contributed by atoms with E-state index in [4.69, 9.17) is 4.74 Å². The van der Waals surface area contributed by atoms with Gasteiger partial charge in [0.1, 0.15) is 0 Å². The molecule has 0 bridgehead atoms. The summed E-state index contributed by atoms with van der Waals surface area (Å²) in [5.41, 5.74) is 4.59. The van der Waals surface area contributed by atoms with Gasteiger partial charge in [0.2, 0.25) is 0 Å². The van der Waals surface area contributed by atoms with Gasteiger partial charge in [-0.1, -0.05) is 34.1 Å². The lowest BCUT2D eigenvalue weighted by Gasteiger charge is -2.20. The number of ether oxygens (including phenoxy) is 1. The third kappa shape index (κ3) is 2.80. The largest absolute Gasteiger partial charge is 0.378 e. The zero-order valence-electron chi connectivity index (χ0n) is 10.8. The van der Waals surface area contributed by atoms with Crippen LogP contribution in [0.1, 0.15) is 53.6 Å². The van der Waals surface area contributed by atoms with Crippen molar-refractivity contribution < 1.29 is 4.74 Å². The van der Waals surface area contributed by atoms with Crippen LogP contribution in [0.5, 0.6) is 0 Å². The first-order chi connectivity index (χ1) is 8.83. The average molecular weight is 309 g/mol. The second-order valence-corrected chi connectivity index (χ2v) is 6.68. The molecule has 1 aliphatic carbocycles. The Balaban J connectivity index is 1.70. The summed E-state index contributed by atoms with van der Waals surface area (Å²) in [6, 6.07) is 7.06. The molecule has 0 amide bonds. The molecule has 3 rings (SSSR count). The lowest BCUT2D eigenvalue weighted by molar-refractivity contribution is 0.104. The molecule has 1 aromatic rings. The van der Waals surface area contributed by atoms with E-state index in [-0.39, 0.29) is 0 Å². The summed E-state index contributed by atoms with van der Waals surface area (Å²) in [7, 11) is 0. The minimum atomic E-state index is 0.452. The predicted octanol–water partition coefficient (Wildman–Crippen LogP) is 4.57. The van der Waals surface area contributed by atoms with Crippen molar-refractivity contribution in [3.05, 3.63) is 34.9 Å². The summed E-state index contributed by atoms with van der Waals surface area (Å²) >= 11 is 3.84. The highest BCUT2D eigenvalue weighted by molar-refractivity contribution is 9.09. The van der Waals surface area contributed by atoms with Crippen LogP contribution < -0.4 is 0 Å². The fraction of sp³-hybridized carbons (Fsp3) is 0.625. The zero-order chi connectivity index (χ0) is 12.4. The molecule has 1 nitrogen and oxygen atoms in total. The molecule has 2 unspecified atom stereocenters. The Labute approximate surface area is 118 Å². The molecule has 98 valence electrons. The smallest absolute Gasteiger partial charge is 0.0589 e. The molecule has 1 aliphatic heterocycles. The van der Waals surface area contributed by atoms with Crippen molar-refractivity contribution in [3.63, 3.8) is 0 Å². The molecule has 0 saturated carbocycles. The molecule has 2 atom stereocenters. The van der Waals surface area contributed by atoms with Gasteiger partial charge >= 0.3 is 0 Å². The third-order valence-corrected chi connectivity index (χ3v) is 5.13. The van der Waals surface area contributed by atoms with Crippen molar-refractivity contribution in [2.75, 3.05) is 6.61 Å². The van der Waals surface area contributed by atoms with E-state index in [1.165, 1.54) is 44.1 Å². The number of hydrogen-bond acceptors (Lipinski definition) is 1. The molecular formula is C16H21BrO. The van der Waals surface area contributed by atoms with Crippen LogP contribution >= 0.6 is 15.9 Å². The highest BCUT2D eigenvalue weighted by atomic mass is 79.9. The maximum Gasteiger partial charge on any atom is 0.0589 e. The van der Waals surface area contributed by atoms with Crippen molar-refractivity contribution in [3.8, 4) is 0 Å². The van der Waals surface area contributed by atoms with Crippen molar-refractivity contribution in [2.45, 2.75) is 55.9 Å². The molecule has 2 heteroatoms. The number of rotatable bonds is 3. The lowest BCUT2D eigenvalue weighted by atomic mass is 9.89. The Hall–Kier alpha value is -0.340. The minimum Gasteiger partial charge on any atom is -0.378 e. The van der Waals surface area contributed by atoms with Crippen LogP contribution in [0.25, 0.3) is 0 Å². The predicted molar refractivity (Wildman–Crippen MR) is 78.3 cm³/mol. The van der Waals surface area contributed by atoms with E-state index in [2.05, 4.69) is 34.1 Å². The van der Waals surface area contributed by atoms with E-state index in [0.29, 0.717) is 10.9 Å². The summed E-state index contributed by atoms with van der Waals surface area (Å²) < 4.78 is 5.73. The molecule has 18 heavy (non-hydrogen) atoms. The van der Waals surface area contributed by atoms with Crippen LogP contribution in [-0.4, -0.2) is 12.7 Å². The molecule has 0 aromatic heterocycles. The summed E-state index contributed by atoms with van der Waals surface area (Å²) in [6.45, 7) is 0.953. The Kier molecular flexibility index (Phi) is 4.05. The van der Waals surface area contributed by atoms with Crippen molar-refractivity contribution in [1.29, 1.82) is 0 Å². The van der Waals surface area contributed by atoms with Gasteiger partial charge in [-0.25, -0.2) is 0 Å². The second-order valence-electron chi connectivity index (χ2n) is 5.57. The van der Waals surface area contributed by atoms with E-state index < -0.39 is 0 Å². The maximum atomic E-state index is 5.73. The van der Waals surface area contributed by atoms with Crippen LogP contribution in [0.4, 0.5) is 0 Å². The van der Waals surface area contributed by atoms with Gasteiger partial charge in [-0.15, -0.1) is 0 Å². The molecule has 0 radical (unpaired) electrons. The number of benzene rings is 1. The summed E-state index contributed by atoms with van der Waals surface area (Å²) in [5, 5.41) is 0. The van der Waals surface area contributed by atoms with Gasteiger partial charge < -0.3 is 4.74 Å². The monoisotopic (exact) mass is 308 g/mol. The molecule has 0 N–H and O–H groups in total. The van der Waals surface area contributed by atoms with Crippen molar-refractivity contribution in [1.82, 2.24) is 0 Å². The van der Waals surface area contributed by atoms with E-state index in [1.807, 2.05) is 0 Å². The van der Waals surface area contributed by atoms with Crippen LogP contribution in [-0.2, 0) is 17.6 Å². The fourth-order valence-corrected chi connectivity index (χ4v) is 3.85. The highest BCUT2D eigenvalue weighted by Gasteiger charge is 2.21. The first-order valence-corrected chi connectivity index (χ1v) is 8.12. The third-order valence-electron chi connectivity index (χ3n) is 4.23. The first-order valence-electron chi connectivity index (χ1n) is 7.20. The van der Waals surface area contributed by atoms with Crippen LogP contribution in [0, 0.1) is 0 Å². The summed E-state index contributed by atoms with van der Waals surface area (Å²) in [5.74, 6) is 0. The van der Waals surface area contributed by atoms with Crippen LogP contribution in [0.3, 0.4) is 0 Å². The van der Waals surface area contributed by atoms with E-state index in [1.54, 1.807) is 11.1 Å². The Bertz CT molecular complexity index is 410. The van der Waals surface area contributed by atoms with E-state index in [9.17, 15) is 0 Å². The van der Waals surface area contributed by atoms with E-state index >= 15 is 0 Å². The standard InChI is InChI=1S/C16H21BrO/c17-16(11-15-6-3-9-18-15)14-8-7-12-4-1-2-5-13(12)10-14/h7-8,10,15-16H,1-6,9,11H2. The molecular weight excluding hydrogens is 288 g/mol. The number of halogens is 1. The fourth-order valence-electron chi connectivity index (χ4n) is 3.15. The van der Waals surface area contributed by atoms with Gasteiger partial charge in [-0.2, -0.15) is 0 Å². The first kappa shape index (κ1) is 12.7. The maximum absolute atomic E-state index is 5.73. The summed E-state index contributed by atoms with van der Waals surface area (Å²) in [4.78, 5) is 0.452. The highest BCUT2D eigenvalue weighted by Crippen LogP contribution is 2.34.